The maximum atomic E-state index is 12.3. The fraction of sp³-hybridized carbons (Fsp3) is 0.533. The second kappa shape index (κ2) is 7.39. The van der Waals surface area contributed by atoms with Crippen LogP contribution in [0.4, 0.5) is 0 Å². The lowest BCUT2D eigenvalue weighted by Gasteiger charge is -2.15. The van der Waals surface area contributed by atoms with Gasteiger partial charge in [-0.25, -0.2) is 12.7 Å². The first-order chi connectivity index (χ1) is 10.8. The Balaban J connectivity index is 2.06. The first-order valence-electron chi connectivity index (χ1n) is 7.37. The smallest absolute Gasteiger partial charge is 0.251 e. The SMILES string of the molecule is Cc1ccc(C(=O)NCCC2OCCO2)cc1S(=O)(=O)N(C)C. The number of hydrogen-bond donors (Lipinski definition) is 1. The third-order valence-electron chi connectivity index (χ3n) is 3.57. The molecule has 0 radical (unpaired) electrons. The summed E-state index contributed by atoms with van der Waals surface area (Å²) in [6, 6.07) is 4.65. The van der Waals surface area contributed by atoms with E-state index in [0.717, 1.165) is 4.31 Å². The Morgan fingerprint density at radius 3 is 2.57 bits per heavy atom. The molecule has 1 heterocycles. The summed E-state index contributed by atoms with van der Waals surface area (Å²) in [7, 11) is -0.661. The Kier molecular flexibility index (Phi) is 5.74. The minimum atomic E-state index is -3.58. The van der Waals surface area contributed by atoms with Crippen molar-refractivity contribution in [1.82, 2.24) is 9.62 Å². The van der Waals surface area contributed by atoms with Gasteiger partial charge in [0.25, 0.3) is 5.91 Å². The van der Waals surface area contributed by atoms with E-state index in [1.54, 1.807) is 19.1 Å². The molecule has 2 rings (SSSR count). The average molecular weight is 342 g/mol. The quantitative estimate of drug-likeness (QED) is 0.824. The lowest BCUT2D eigenvalue weighted by Crippen LogP contribution is -2.28. The summed E-state index contributed by atoms with van der Waals surface area (Å²) in [4.78, 5) is 12.3. The van der Waals surface area contributed by atoms with Crippen LogP contribution in [0.1, 0.15) is 22.3 Å². The van der Waals surface area contributed by atoms with Gasteiger partial charge in [0.1, 0.15) is 0 Å². The summed E-state index contributed by atoms with van der Waals surface area (Å²) in [5, 5.41) is 2.75. The first kappa shape index (κ1) is 17.9. The van der Waals surface area contributed by atoms with Crippen LogP contribution < -0.4 is 5.32 Å². The predicted octanol–water partition coefficient (Wildman–Crippen LogP) is 0.738. The molecule has 1 amide bonds. The molecule has 0 aliphatic carbocycles. The van der Waals surface area contributed by atoms with Crippen molar-refractivity contribution in [2.24, 2.45) is 0 Å². The molecule has 23 heavy (non-hydrogen) atoms. The summed E-state index contributed by atoms with van der Waals surface area (Å²) in [6.07, 6.45) is 0.276. The average Bonchev–Trinajstić information content (AvgIpc) is 3.00. The van der Waals surface area contributed by atoms with E-state index in [1.165, 1.54) is 20.2 Å². The lowest BCUT2D eigenvalue weighted by molar-refractivity contribution is -0.0455. The van der Waals surface area contributed by atoms with Crippen LogP contribution in [-0.4, -0.2) is 58.8 Å². The number of hydrogen-bond acceptors (Lipinski definition) is 5. The van der Waals surface area contributed by atoms with Gasteiger partial charge in [-0.1, -0.05) is 6.07 Å². The van der Waals surface area contributed by atoms with Crippen molar-refractivity contribution in [3.05, 3.63) is 29.3 Å². The topological polar surface area (TPSA) is 84.9 Å². The van der Waals surface area contributed by atoms with E-state index in [0.29, 0.717) is 37.3 Å². The molecule has 0 bridgehead atoms. The molecule has 1 aromatic rings. The molecular weight excluding hydrogens is 320 g/mol. The van der Waals surface area contributed by atoms with Gasteiger partial charge in [-0.05, 0) is 24.6 Å². The number of rotatable bonds is 6. The van der Waals surface area contributed by atoms with E-state index in [-0.39, 0.29) is 17.1 Å². The van der Waals surface area contributed by atoms with E-state index >= 15 is 0 Å². The molecule has 128 valence electrons. The van der Waals surface area contributed by atoms with Crippen LogP contribution >= 0.6 is 0 Å². The summed E-state index contributed by atoms with van der Waals surface area (Å²) < 4.78 is 36.3. The van der Waals surface area contributed by atoms with Crippen molar-refractivity contribution in [3.8, 4) is 0 Å². The van der Waals surface area contributed by atoms with Crippen LogP contribution in [0.5, 0.6) is 0 Å². The van der Waals surface area contributed by atoms with Crippen molar-refractivity contribution in [3.63, 3.8) is 0 Å². The monoisotopic (exact) mass is 342 g/mol. The summed E-state index contributed by atoms with van der Waals surface area (Å²) in [5.74, 6) is -0.321. The van der Waals surface area contributed by atoms with Gasteiger partial charge in [0, 0.05) is 32.6 Å². The standard InChI is InChI=1S/C15H22N2O5S/c1-11-4-5-12(10-13(11)23(19,20)17(2)3)15(18)16-7-6-14-21-8-9-22-14/h4-5,10,14H,6-9H2,1-3H3,(H,16,18). The zero-order valence-corrected chi connectivity index (χ0v) is 14.4. The van der Waals surface area contributed by atoms with Gasteiger partial charge >= 0.3 is 0 Å². The summed E-state index contributed by atoms with van der Waals surface area (Å²) >= 11 is 0. The maximum absolute atomic E-state index is 12.3. The number of aryl methyl sites for hydroxylation is 1. The first-order valence-corrected chi connectivity index (χ1v) is 8.81. The molecule has 8 heteroatoms. The van der Waals surface area contributed by atoms with Gasteiger partial charge in [-0.2, -0.15) is 0 Å². The van der Waals surface area contributed by atoms with E-state index < -0.39 is 10.0 Å². The number of benzene rings is 1. The molecule has 0 saturated carbocycles. The zero-order chi connectivity index (χ0) is 17.0. The normalized spacial score (nSPS) is 16.0. The Hall–Kier alpha value is -1.48. The van der Waals surface area contributed by atoms with Crippen LogP contribution in [0.3, 0.4) is 0 Å². The Morgan fingerprint density at radius 2 is 1.96 bits per heavy atom. The number of ether oxygens (including phenoxy) is 2. The third-order valence-corrected chi connectivity index (χ3v) is 5.52. The van der Waals surface area contributed by atoms with Crippen LogP contribution in [0.2, 0.25) is 0 Å². The third kappa shape index (κ3) is 4.29. The highest BCUT2D eigenvalue weighted by atomic mass is 32.2. The van der Waals surface area contributed by atoms with Gasteiger partial charge in [-0.15, -0.1) is 0 Å². The number of amides is 1. The number of carbonyl (C=O) groups is 1. The van der Waals surface area contributed by atoms with Gasteiger partial charge in [0.15, 0.2) is 6.29 Å². The van der Waals surface area contributed by atoms with Crippen molar-refractivity contribution in [1.29, 1.82) is 0 Å². The lowest BCUT2D eigenvalue weighted by atomic mass is 10.1. The van der Waals surface area contributed by atoms with Crippen molar-refractivity contribution >= 4 is 15.9 Å². The van der Waals surface area contributed by atoms with Gasteiger partial charge in [-0.3, -0.25) is 4.79 Å². The zero-order valence-electron chi connectivity index (χ0n) is 13.5. The highest BCUT2D eigenvalue weighted by Crippen LogP contribution is 2.20. The van der Waals surface area contributed by atoms with Crippen molar-refractivity contribution in [2.45, 2.75) is 24.5 Å². The Bertz CT molecular complexity index is 666. The van der Waals surface area contributed by atoms with Gasteiger partial charge < -0.3 is 14.8 Å². The van der Waals surface area contributed by atoms with Crippen molar-refractivity contribution < 1.29 is 22.7 Å². The highest BCUT2D eigenvalue weighted by Gasteiger charge is 2.21. The molecule has 1 fully saturated rings. The van der Waals surface area contributed by atoms with Gasteiger partial charge in [0.2, 0.25) is 10.0 Å². The van der Waals surface area contributed by atoms with E-state index in [1.807, 2.05) is 0 Å². The summed E-state index contributed by atoms with van der Waals surface area (Å²) in [6.45, 7) is 3.24. The molecule has 7 nitrogen and oxygen atoms in total. The maximum Gasteiger partial charge on any atom is 0.251 e. The summed E-state index contributed by atoms with van der Waals surface area (Å²) in [5.41, 5.74) is 0.910. The van der Waals surface area contributed by atoms with E-state index in [9.17, 15) is 13.2 Å². The molecule has 1 aromatic carbocycles. The van der Waals surface area contributed by atoms with Gasteiger partial charge in [0.05, 0.1) is 18.1 Å². The number of carbonyl (C=O) groups excluding carboxylic acids is 1. The number of nitrogens with zero attached hydrogens (tertiary/aromatic N) is 1. The van der Waals surface area contributed by atoms with Crippen LogP contribution in [0, 0.1) is 6.92 Å². The van der Waals surface area contributed by atoms with Crippen molar-refractivity contribution in [2.75, 3.05) is 33.9 Å². The second-order valence-electron chi connectivity index (χ2n) is 5.48. The number of sulfonamides is 1. The molecule has 1 N–H and O–H groups in total. The molecule has 0 aromatic heterocycles. The predicted molar refractivity (Wildman–Crippen MR) is 84.7 cm³/mol. The molecular formula is C15H22N2O5S. The number of nitrogens with one attached hydrogen (secondary N) is 1. The second-order valence-corrected chi connectivity index (χ2v) is 7.60. The molecule has 1 saturated heterocycles. The molecule has 0 unspecified atom stereocenters. The van der Waals surface area contributed by atoms with Crippen LogP contribution in [0.25, 0.3) is 0 Å². The molecule has 0 atom stereocenters. The molecule has 0 spiro atoms. The highest BCUT2D eigenvalue weighted by molar-refractivity contribution is 7.89. The van der Waals surface area contributed by atoms with Crippen LogP contribution in [0.15, 0.2) is 23.1 Å². The van der Waals surface area contributed by atoms with E-state index in [2.05, 4.69) is 5.32 Å². The molecule has 1 aliphatic rings. The fourth-order valence-electron chi connectivity index (χ4n) is 2.20. The largest absolute Gasteiger partial charge is 0.352 e. The minimum Gasteiger partial charge on any atom is -0.352 e. The Labute approximate surface area is 136 Å². The van der Waals surface area contributed by atoms with E-state index in [4.69, 9.17) is 9.47 Å². The fourth-order valence-corrected chi connectivity index (χ4v) is 3.34. The molecule has 1 aliphatic heterocycles. The van der Waals surface area contributed by atoms with Crippen LogP contribution in [-0.2, 0) is 19.5 Å². The Morgan fingerprint density at radius 1 is 1.30 bits per heavy atom. The minimum absolute atomic E-state index is 0.137.